The Labute approximate surface area is 227 Å². The zero-order valence-electron chi connectivity index (χ0n) is 26.6. The van der Waals surface area contributed by atoms with Crippen LogP contribution in [0, 0.1) is 36.0 Å². The van der Waals surface area contributed by atoms with Crippen molar-refractivity contribution in [1.29, 1.82) is 0 Å². The second-order valence-corrected chi connectivity index (χ2v) is 14.2. The quantitative estimate of drug-likeness (QED) is 0.247. The third-order valence-corrected chi connectivity index (χ3v) is 10.6. The van der Waals surface area contributed by atoms with E-state index in [0.29, 0.717) is 16.9 Å². The van der Waals surface area contributed by atoms with E-state index in [1.54, 1.807) is 16.7 Å². The summed E-state index contributed by atoms with van der Waals surface area (Å²) in [5.74, 6) is 3.11. The second kappa shape index (κ2) is 13.3. The Bertz CT molecular complexity index is 802. The molecule has 1 aliphatic carbocycles. The van der Waals surface area contributed by atoms with Gasteiger partial charge in [-0.05, 0) is 109 Å². The van der Waals surface area contributed by atoms with Crippen LogP contribution in [0.3, 0.4) is 0 Å². The fourth-order valence-corrected chi connectivity index (χ4v) is 7.07. The van der Waals surface area contributed by atoms with Crippen molar-refractivity contribution in [3.63, 3.8) is 0 Å². The third kappa shape index (κ3) is 7.39. The van der Waals surface area contributed by atoms with E-state index in [1.807, 2.05) is 0 Å². The van der Waals surface area contributed by atoms with Gasteiger partial charge in [0.25, 0.3) is 0 Å². The number of nitrogens with zero attached hydrogens (tertiary/aromatic N) is 1. The number of hydrogen-bond acceptors (Lipinski definition) is 1. The molecular formula is C35H63N. The van der Waals surface area contributed by atoms with Crippen LogP contribution in [0.1, 0.15) is 137 Å². The number of rotatable bonds is 14. The molecule has 0 aromatic heterocycles. The molecule has 0 fully saturated rings. The third-order valence-electron chi connectivity index (χ3n) is 10.6. The lowest BCUT2D eigenvalue weighted by Crippen LogP contribution is -2.41. The molecule has 0 heterocycles. The van der Waals surface area contributed by atoms with E-state index in [9.17, 15) is 0 Å². The fraction of sp³-hybridized carbons (Fsp3) is 0.829. The van der Waals surface area contributed by atoms with Crippen LogP contribution in [0.2, 0.25) is 0 Å². The Morgan fingerprint density at radius 3 is 2.25 bits per heavy atom. The lowest BCUT2D eigenvalue weighted by Gasteiger charge is -2.39. The molecule has 1 aliphatic rings. The van der Waals surface area contributed by atoms with Crippen molar-refractivity contribution in [2.75, 3.05) is 13.1 Å². The molecule has 1 nitrogen and oxygen atoms in total. The first kappa shape index (κ1) is 31.4. The van der Waals surface area contributed by atoms with E-state index in [4.69, 9.17) is 0 Å². The highest BCUT2D eigenvalue weighted by molar-refractivity contribution is 5.49. The Kier molecular flexibility index (Phi) is 11.6. The van der Waals surface area contributed by atoms with Gasteiger partial charge in [-0.3, -0.25) is 0 Å². The van der Waals surface area contributed by atoms with Crippen molar-refractivity contribution in [2.45, 2.75) is 146 Å². The van der Waals surface area contributed by atoms with Gasteiger partial charge in [0.05, 0.1) is 0 Å². The summed E-state index contributed by atoms with van der Waals surface area (Å²) >= 11 is 0. The predicted octanol–water partition coefficient (Wildman–Crippen LogP) is 10.0. The van der Waals surface area contributed by atoms with Gasteiger partial charge in [0.1, 0.15) is 0 Å². The number of benzene rings is 1. The predicted molar refractivity (Wildman–Crippen MR) is 162 cm³/mol. The Hall–Kier alpha value is -0.820. The van der Waals surface area contributed by atoms with Crippen LogP contribution in [-0.4, -0.2) is 24.0 Å². The molecule has 6 atom stereocenters. The lowest BCUT2D eigenvalue weighted by molar-refractivity contribution is 0.120. The summed E-state index contributed by atoms with van der Waals surface area (Å²) in [6.07, 6.45) is 10.4. The van der Waals surface area contributed by atoms with Crippen LogP contribution >= 0.6 is 0 Å². The van der Waals surface area contributed by atoms with Crippen molar-refractivity contribution in [1.82, 2.24) is 4.90 Å². The van der Waals surface area contributed by atoms with Crippen LogP contribution in [0.4, 0.5) is 0 Å². The number of hydrogen-bond donors (Lipinski definition) is 0. The molecule has 0 spiro atoms. The van der Waals surface area contributed by atoms with Crippen LogP contribution in [-0.2, 0) is 18.3 Å². The van der Waals surface area contributed by atoms with Crippen LogP contribution in [0.5, 0.6) is 0 Å². The van der Waals surface area contributed by atoms with E-state index in [0.717, 1.165) is 30.1 Å². The molecule has 0 saturated heterocycles. The van der Waals surface area contributed by atoms with Gasteiger partial charge >= 0.3 is 0 Å². The van der Waals surface area contributed by atoms with Gasteiger partial charge in [0, 0.05) is 12.6 Å². The minimum Gasteiger partial charge on any atom is -0.300 e. The van der Waals surface area contributed by atoms with Crippen molar-refractivity contribution < 1.29 is 0 Å². The fourth-order valence-electron chi connectivity index (χ4n) is 7.07. The molecule has 1 aromatic carbocycles. The number of aryl methyl sites for hydroxylation is 2. The minimum atomic E-state index is 0.295. The molecule has 36 heavy (non-hydrogen) atoms. The van der Waals surface area contributed by atoms with E-state index in [2.05, 4.69) is 100 Å². The molecule has 0 aliphatic heterocycles. The normalized spacial score (nSPS) is 23.5. The van der Waals surface area contributed by atoms with Gasteiger partial charge in [-0.25, -0.2) is 0 Å². The Morgan fingerprint density at radius 1 is 1.03 bits per heavy atom. The molecule has 0 saturated carbocycles. The molecule has 208 valence electrons. The average Bonchev–Trinajstić information content (AvgIpc) is 3.09. The highest BCUT2D eigenvalue weighted by Gasteiger charge is 2.42. The van der Waals surface area contributed by atoms with Crippen LogP contribution < -0.4 is 0 Å². The summed E-state index contributed by atoms with van der Waals surface area (Å²) in [7, 11) is 0. The molecule has 0 radical (unpaired) electrons. The smallest absolute Gasteiger partial charge is 0.00671 e. The summed E-state index contributed by atoms with van der Waals surface area (Å²) < 4.78 is 0. The SMILES string of the molecule is CCCC(CCC(C)N(CCC1(C)c2c(C)ccc(CC)c2CC1C)CC(C)CC)[C@@H](C)C(C)(C)C. The Balaban J connectivity index is 2.19. The van der Waals surface area contributed by atoms with Crippen molar-refractivity contribution >= 4 is 0 Å². The maximum Gasteiger partial charge on any atom is 0.00671 e. The molecule has 1 aromatic rings. The van der Waals surface area contributed by atoms with Gasteiger partial charge in [-0.2, -0.15) is 0 Å². The van der Waals surface area contributed by atoms with E-state index in [-0.39, 0.29) is 0 Å². The molecule has 0 N–H and O–H groups in total. The maximum atomic E-state index is 2.88. The average molecular weight is 498 g/mol. The summed E-state index contributed by atoms with van der Waals surface area (Å²) in [6.45, 7) is 31.8. The van der Waals surface area contributed by atoms with Gasteiger partial charge in [-0.15, -0.1) is 0 Å². The zero-order valence-corrected chi connectivity index (χ0v) is 26.6. The highest BCUT2D eigenvalue weighted by atomic mass is 15.1. The van der Waals surface area contributed by atoms with Gasteiger partial charge in [-0.1, -0.05) is 101 Å². The highest BCUT2D eigenvalue weighted by Crippen LogP contribution is 2.48. The summed E-state index contributed by atoms with van der Waals surface area (Å²) in [5.41, 5.74) is 7.19. The van der Waals surface area contributed by atoms with Crippen molar-refractivity contribution in [2.24, 2.45) is 29.1 Å². The molecule has 1 heteroatoms. The van der Waals surface area contributed by atoms with E-state index >= 15 is 0 Å². The first-order chi connectivity index (χ1) is 16.8. The van der Waals surface area contributed by atoms with Crippen molar-refractivity contribution in [3.8, 4) is 0 Å². The van der Waals surface area contributed by atoms with Gasteiger partial charge < -0.3 is 4.90 Å². The summed E-state index contributed by atoms with van der Waals surface area (Å²) in [5, 5.41) is 0. The van der Waals surface area contributed by atoms with Gasteiger partial charge in [0.15, 0.2) is 0 Å². The van der Waals surface area contributed by atoms with Crippen LogP contribution in [0.25, 0.3) is 0 Å². The first-order valence-corrected chi connectivity index (χ1v) is 15.7. The van der Waals surface area contributed by atoms with E-state index < -0.39 is 0 Å². The molecular weight excluding hydrogens is 434 g/mol. The first-order valence-electron chi connectivity index (χ1n) is 15.7. The Morgan fingerprint density at radius 2 is 1.69 bits per heavy atom. The minimum absolute atomic E-state index is 0.295. The van der Waals surface area contributed by atoms with Gasteiger partial charge in [0.2, 0.25) is 0 Å². The molecule has 2 rings (SSSR count). The zero-order chi connectivity index (χ0) is 27.3. The monoisotopic (exact) mass is 497 g/mol. The topological polar surface area (TPSA) is 3.24 Å². The lowest BCUT2D eigenvalue weighted by atomic mass is 9.71. The van der Waals surface area contributed by atoms with E-state index in [1.165, 1.54) is 63.6 Å². The molecule has 0 amide bonds. The standard InChI is InChI=1S/C35H63N/c1-13-16-31(29(8)34(9,10)11)20-18-28(7)36(24-25(4)14-2)22-21-35(12)27(6)23-32-30(15-3)19-17-26(5)33(32)35/h17,19,25,27-29,31H,13-16,18,20-24H2,1-12H3/t25?,27?,28?,29-,31?,35?/m1/s1. The summed E-state index contributed by atoms with van der Waals surface area (Å²) in [6, 6.07) is 5.46. The summed E-state index contributed by atoms with van der Waals surface area (Å²) in [4.78, 5) is 2.88. The molecule has 5 unspecified atom stereocenters. The molecule has 0 bridgehead atoms. The second-order valence-electron chi connectivity index (χ2n) is 14.2. The maximum absolute atomic E-state index is 2.88. The van der Waals surface area contributed by atoms with Crippen LogP contribution in [0.15, 0.2) is 12.1 Å². The van der Waals surface area contributed by atoms with Crippen molar-refractivity contribution in [3.05, 3.63) is 34.4 Å². The largest absolute Gasteiger partial charge is 0.300 e. The number of fused-ring (bicyclic) bond motifs is 1.